The van der Waals surface area contributed by atoms with Crippen LogP contribution in [0.1, 0.15) is 34.0 Å². The summed E-state index contributed by atoms with van der Waals surface area (Å²) >= 11 is 6.17. The van der Waals surface area contributed by atoms with Crippen LogP contribution in [0.15, 0.2) is 32.1 Å². The van der Waals surface area contributed by atoms with Crippen molar-refractivity contribution in [2.45, 2.75) is 32.1 Å². The van der Waals surface area contributed by atoms with E-state index in [1.54, 1.807) is 20.8 Å². The van der Waals surface area contributed by atoms with Crippen molar-refractivity contribution in [3.8, 4) is 11.3 Å². The van der Waals surface area contributed by atoms with Gasteiger partial charge in [0.05, 0.1) is 10.6 Å². The Kier molecular flexibility index (Phi) is 6.30. The van der Waals surface area contributed by atoms with E-state index in [1.165, 1.54) is 27.4 Å². The van der Waals surface area contributed by atoms with E-state index in [1.807, 2.05) is 0 Å². The summed E-state index contributed by atoms with van der Waals surface area (Å²) in [7, 11) is -3.84. The van der Waals surface area contributed by atoms with Gasteiger partial charge in [-0.05, 0) is 39.3 Å². The zero-order valence-corrected chi connectivity index (χ0v) is 19.8. The van der Waals surface area contributed by atoms with Crippen LogP contribution < -0.4 is 0 Å². The molecule has 0 radical (unpaired) electrons. The fraction of sp³-hybridized carbons (Fsp3) is 0.381. The first-order valence-electron chi connectivity index (χ1n) is 10.3. The molecule has 176 valence electrons. The van der Waals surface area contributed by atoms with E-state index in [2.05, 4.69) is 10.3 Å². The highest BCUT2D eigenvalue weighted by molar-refractivity contribution is 7.89. The number of halogens is 2. The van der Waals surface area contributed by atoms with Crippen LogP contribution in [-0.2, 0) is 10.0 Å². The zero-order chi connectivity index (χ0) is 23.9. The van der Waals surface area contributed by atoms with Gasteiger partial charge in [0.2, 0.25) is 10.0 Å². The first kappa shape index (κ1) is 23.4. The van der Waals surface area contributed by atoms with Crippen molar-refractivity contribution in [2.75, 3.05) is 26.2 Å². The van der Waals surface area contributed by atoms with E-state index in [-0.39, 0.29) is 63.6 Å². The molecule has 0 spiro atoms. The smallest absolute Gasteiger partial charge is 0.259 e. The Labute approximate surface area is 195 Å². The Hall–Kier alpha value is -2.76. The second-order valence-corrected chi connectivity index (χ2v) is 10.0. The van der Waals surface area contributed by atoms with Crippen molar-refractivity contribution in [2.24, 2.45) is 0 Å². The fourth-order valence-corrected chi connectivity index (χ4v) is 6.00. The van der Waals surface area contributed by atoms with E-state index in [9.17, 15) is 17.6 Å². The van der Waals surface area contributed by atoms with Crippen molar-refractivity contribution < 1.29 is 26.6 Å². The third-order valence-corrected chi connectivity index (χ3v) is 8.04. The molecule has 0 saturated carbocycles. The predicted octanol–water partition coefficient (Wildman–Crippen LogP) is 3.58. The van der Waals surface area contributed by atoms with E-state index >= 15 is 0 Å². The molecule has 12 heteroatoms. The largest absolute Gasteiger partial charge is 0.360 e. The van der Waals surface area contributed by atoms with Crippen LogP contribution >= 0.6 is 11.6 Å². The van der Waals surface area contributed by atoms with Crippen LogP contribution in [0.2, 0.25) is 5.02 Å². The number of amides is 1. The summed E-state index contributed by atoms with van der Waals surface area (Å²) in [6.07, 6.45) is 0.411. The quantitative estimate of drug-likeness (QED) is 0.542. The van der Waals surface area contributed by atoms with Crippen LogP contribution in [0, 0.1) is 26.6 Å². The van der Waals surface area contributed by atoms with Crippen molar-refractivity contribution in [1.82, 2.24) is 19.5 Å². The summed E-state index contributed by atoms with van der Waals surface area (Å²) < 4.78 is 52.4. The number of carbonyl (C=O) groups excluding carboxylic acids is 1. The number of hydrogen-bond acceptors (Lipinski definition) is 7. The number of rotatable bonds is 4. The monoisotopic (exact) mass is 496 g/mol. The predicted molar refractivity (Wildman–Crippen MR) is 117 cm³/mol. The lowest BCUT2D eigenvalue weighted by molar-refractivity contribution is 0.0763. The Morgan fingerprint density at radius 3 is 2.45 bits per heavy atom. The number of carbonyl (C=O) groups is 1. The molecule has 1 amide bonds. The van der Waals surface area contributed by atoms with Gasteiger partial charge in [-0.2, -0.15) is 4.31 Å². The van der Waals surface area contributed by atoms with Crippen molar-refractivity contribution in [3.05, 3.63) is 51.8 Å². The number of nitrogens with zero attached hydrogens (tertiary/aromatic N) is 4. The minimum absolute atomic E-state index is 0.0169. The Morgan fingerprint density at radius 2 is 1.79 bits per heavy atom. The number of hydrogen-bond donors (Lipinski definition) is 0. The van der Waals surface area contributed by atoms with Gasteiger partial charge in [0.1, 0.15) is 33.4 Å². The third kappa shape index (κ3) is 4.16. The van der Waals surface area contributed by atoms with Gasteiger partial charge in [0.25, 0.3) is 5.91 Å². The summed E-state index contributed by atoms with van der Waals surface area (Å²) in [5, 5.41) is 7.72. The Balaban J connectivity index is 1.61. The molecule has 1 aliphatic heterocycles. The standard InChI is InChI=1S/C21H22ClFN4O5S/c1-12-20(14(3)32-24-12)33(29,30)27-9-5-8-26(10-11-27)21(28)17-13(2)31-25-19(17)18-15(22)6-4-7-16(18)23/h4,6-7H,5,8-11H2,1-3H3. The van der Waals surface area contributed by atoms with E-state index in [0.29, 0.717) is 13.0 Å². The maximum Gasteiger partial charge on any atom is 0.259 e. The van der Waals surface area contributed by atoms with Gasteiger partial charge < -0.3 is 13.9 Å². The van der Waals surface area contributed by atoms with Crippen LogP contribution in [0.3, 0.4) is 0 Å². The van der Waals surface area contributed by atoms with Gasteiger partial charge in [-0.25, -0.2) is 12.8 Å². The average molecular weight is 497 g/mol. The molecule has 0 atom stereocenters. The van der Waals surface area contributed by atoms with Gasteiger partial charge in [0, 0.05) is 26.2 Å². The molecule has 33 heavy (non-hydrogen) atoms. The number of sulfonamides is 1. The summed E-state index contributed by atoms with van der Waals surface area (Å²) in [6, 6.07) is 4.18. The van der Waals surface area contributed by atoms with Gasteiger partial charge in [-0.15, -0.1) is 0 Å². The van der Waals surface area contributed by atoms with E-state index < -0.39 is 21.7 Å². The van der Waals surface area contributed by atoms with Crippen LogP contribution in [0.5, 0.6) is 0 Å². The van der Waals surface area contributed by atoms with Crippen LogP contribution in [0.4, 0.5) is 4.39 Å². The molecular formula is C21H22ClFN4O5S. The SMILES string of the molecule is Cc1noc(C)c1S(=O)(=O)N1CCCN(C(=O)c2c(-c3c(F)cccc3Cl)noc2C)CC1. The van der Waals surface area contributed by atoms with Crippen molar-refractivity contribution in [1.29, 1.82) is 0 Å². The van der Waals surface area contributed by atoms with E-state index in [4.69, 9.17) is 20.6 Å². The highest BCUT2D eigenvalue weighted by Crippen LogP contribution is 2.34. The van der Waals surface area contributed by atoms with Crippen molar-refractivity contribution >= 4 is 27.5 Å². The second kappa shape index (κ2) is 8.88. The molecule has 0 N–H and O–H groups in total. The molecule has 4 rings (SSSR count). The first-order valence-corrected chi connectivity index (χ1v) is 12.1. The van der Waals surface area contributed by atoms with Gasteiger partial charge >= 0.3 is 0 Å². The maximum atomic E-state index is 14.5. The fourth-order valence-electron chi connectivity index (χ4n) is 3.99. The topological polar surface area (TPSA) is 110 Å². The third-order valence-electron chi connectivity index (χ3n) is 5.58. The summed E-state index contributed by atoms with van der Waals surface area (Å²) in [4.78, 5) is 15.0. The van der Waals surface area contributed by atoms with E-state index in [0.717, 1.165) is 0 Å². The maximum absolute atomic E-state index is 14.5. The second-order valence-electron chi connectivity index (χ2n) is 7.76. The van der Waals surface area contributed by atoms with Gasteiger partial charge in [-0.3, -0.25) is 4.79 Å². The lowest BCUT2D eigenvalue weighted by Gasteiger charge is -2.22. The van der Waals surface area contributed by atoms with Crippen molar-refractivity contribution in [3.63, 3.8) is 0 Å². The summed E-state index contributed by atoms with van der Waals surface area (Å²) in [5.41, 5.74) is 0.391. The normalized spacial score (nSPS) is 15.6. The summed E-state index contributed by atoms with van der Waals surface area (Å²) in [5.74, 6) is -0.618. The zero-order valence-electron chi connectivity index (χ0n) is 18.3. The highest BCUT2D eigenvalue weighted by Gasteiger charge is 2.34. The molecule has 3 heterocycles. The Morgan fingerprint density at radius 1 is 1.06 bits per heavy atom. The molecule has 9 nitrogen and oxygen atoms in total. The molecule has 1 aliphatic rings. The molecule has 1 fully saturated rings. The highest BCUT2D eigenvalue weighted by atomic mass is 35.5. The number of aryl methyl sites for hydroxylation is 3. The van der Waals surface area contributed by atoms with Crippen LogP contribution in [-0.4, -0.2) is 60.0 Å². The van der Waals surface area contributed by atoms with Gasteiger partial charge in [-0.1, -0.05) is 28.0 Å². The molecule has 3 aromatic rings. The molecular weight excluding hydrogens is 475 g/mol. The first-order chi connectivity index (χ1) is 15.6. The minimum Gasteiger partial charge on any atom is -0.360 e. The molecule has 0 aliphatic carbocycles. The lowest BCUT2D eigenvalue weighted by Crippen LogP contribution is -2.37. The number of aromatic nitrogens is 2. The molecule has 1 aromatic carbocycles. The van der Waals surface area contributed by atoms with Gasteiger partial charge in [0.15, 0.2) is 5.76 Å². The number of benzene rings is 1. The average Bonchev–Trinajstić information content (AvgIpc) is 3.17. The molecule has 2 aromatic heterocycles. The lowest BCUT2D eigenvalue weighted by atomic mass is 10.0. The molecule has 1 saturated heterocycles. The Bertz CT molecular complexity index is 1280. The molecule has 0 bridgehead atoms. The minimum atomic E-state index is -3.84. The van der Waals surface area contributed by atoms with Crippen LogP contribution in [0.25, 0.3) is 11.3 Å². The summed E-state index contributed by atoms with van der Waals surface area (Å²) in [6.45, 7) is 5.43. The molecule has 0 unspecified atom stereocenters.